The molecule has 1 aromatic rings. The molecule has 1 aromatic heterocycles. The number of rotatable bonds is 5. The lowest BCUT2D eigenvalue weighted by Crippen LogP contribution is -2.36. The second-order valence-corrected chi connectivity index (χ2v) is 6.14. The molecule has 0 amide bonds. The van der Waals surface area contributed by atoms with E-state index in [9.17, 15) is 5.11 Å². The smallest absolute Gasteiger partial charge is 0.191 e. The Morgan fingerprint density at radius 3 is 2.45 bits per heavy atom. The van der Waals surface area contributed by atoms with E-state index < -0.39 is 5.60 Å². The molecule has 112 valence electrons. The minimum atomic E-state index is -0.596. The van der Waals surface area contributed by atoms with Crippen molar-refractivity contribution in [1.29, 1.82) is 0 Å². The topological polar surface area (TPSA) is 70.1 Å². The van der Waals surface area contributed by atoms with E-state index in [0.717, 1.165) is 42.5 Å². The van der Waals surface area contributed by atoms with E-state index in [4.69, 9.17) is 0 Å². The van der Waals surface area contributed by atoms with Gasteiger partial charge in [-0.15, -0.1) is 0 Å². The molecule has 3 N–H and O–H groups in total. The van der Waals surface area contributed by atoms with Crippen molar-refractivity contribution in [2.45, 2.75) is 49.3 Å². The first-order valence-corrected chi connectivity index (χ1v) is 8.45. The summed E-state index contributed by atoms with van der Waals surface area (Å²) in [6.07, 6.45) is 8.39. The molecule has 20 heavy (non-hydrogen) atoms. The summed E-state index contributed by atoms with van der Waals surface area (Å²) < 4.78 is 0. The molecular weight excluding hydrogens is 272 g/mol. The van der Waals surface area contributed by atoms with Crippen molar-refractivity contribution >= 4 is 23.4 Å². The Kier molecular flexibility index (Phi) is 5.48. The number of hydrogen-bond acceptors (Lipinski definition) is 6. The highest BCUT2D eigenvalue weighted by molar-refractivity contribution is 7.98. The van der Waals surface area contributed by atoms with Crippen LogP contribution >= 0.6 is 11.8 Å². The second kappa shape index (κ2) is 7.13. The van der Waals surface area contributed by atoms with Gasteiger partial charge in [0.1, 0.15) is 11.6 Å². The van der Waals surface area contributed by atoms with Crippen molar-refractivity contribution < 1.29 is 5.11 Å². The zero-order valence-electron chi connectivity index (χ0n) is 12.3. The van der Waals surface area contributed by atoms with Gasteiger partial charge in [0.15, 0.2) is 5.16 Å². The fraction of sp³-hybridized carbons (Fsp3) is 0.714. The maximum absolute atomic E-state index is 10.6. The Balaban J connectivity index is 2.02. The fourth-order valence-corrected chi connectivity index (χ4v) is 2.93. The van der Waals surface area contributed by atoms with Gasteiger partial charge < -0.3 is 15.7 Å². The van der Waals surface area contributed by atoms with Crippen molar-refractivity contribution in [3.63, 3.8) is 0 Å². The van der Waals surface area contributed by atoms with Crippen molar-refractivity contribution in [3.8, 4) is 0 Å². The Morgan fingerprint density at radius 2 is 1.85 bits per heavy atom. The van der Waals surface area contributed by atoms with Crippen LogP contribution in [0.25, 0.3) is 0 Å². The summed E-state index contributed by atoms with van der Waals surface area (Å²) in [6.45, 7) is 0.557. The highest BCUT2D eigenvalue weighted by atomic mass is 32.2. The highest BCUT2D eigenvalue weighted by Gasteiger charge is 2.27. The number of aromatic nitrogens is 2. The molecule has 0 bridgehead atoms. The molecule has 0 radical (unpaired) electrons. The molecule has 0 unspecified atom stereocenters. The van der Waals surface area contributed by atoms with Gasteiger partial charge in [0.2, 0.25) is 0 Å². The van der Waals surface area contributed by atoms with Gasteiger partial charge in [-0.05, 0) is 19.1 Å². The molecule has 0 atom stereocenters. The van der Waals surface area contributed by atoms with Gasteiger partial charge in [-0.3, -0.25) is 0 Å². The monoisotopic (exact) mass is 296 g/mol. The number of nitrogens with one attached hydrogen (secondary N) is 2. The van der Waals surface area contributed by atoms with Crippen molar-refractivity contribution in [2.75, 3.05) is 30.5 Å². The molecule has 0 spiro atoms. The first-order chi connectivity index (χ1) is 9.65. The summed E-state index contributed by atoms with van der Waals surface area (Å²) in [5, 5.41) is 17.7. The quantitative estimate of drug-likeness (QED) is 0.441. The van der Waals surface area contributed by atoms with Crippen LogP contribution in [0.5, 0.6) is 0 Å². The average Bonchev–Trinajstić information content (AvgIpc) is 2.70. The number of hydrogen-bond donors (Lipinski definition) is 3. The van der Waals surface area contributed by atoms with E-state index >= 15 is 0 Å². The van der Waals surface area contributed by atoms with Crippen LogP contribution in [0.4, 0.5) is 11.6 Å². The number of anilines is 2. The van der Waals surface area contributed by atoms with Gasteiger partial charge in [0.25, 0.3) is 0 Å². The maximum atomic E-state index is 10.6. The standard InChI is InChI=1S/C14H24N4OS/c1-15-11-9-12(18-13(17-11)20-2)16-10-14(19)7-5-3-4-6-8-14/h9,19H,3-8,10H2,1-2H3,(H2,15,16,17,18). The Labute approximate surface area is 125 Å². The number of thioether (sulfide) groups is 1. The van der Waals surface area contributed by atoms with E-state index in [-0.39, 0.29) is 0 Å². The minimum absolute atomic E-state index is 0.557. The van der Waals surface area contributed by atoms with Crippen LogP contribution in [-0.4, -0.2) is 40.5 Å². The molecule has 1 fully saturated rings. The van der Waals surface area contributed by atoms with E-state index in [1.807, 2.05) is 19.4 Å². The van der Waals surface area contributed by atoms with Crippen molar-refractivity contribution in [1.82, 2.24) is 9.97 Å². The molecule has 2 rings (SSSR count). The molecule has 0 saturated heterocycles. The molecule has 0 aromatic carbocycles. The average molecular weight is 296 g/mol. The summed E-state index contributed by atoms with van der Waals surface area (Å²) >= 11 is 1.51. The molecule has 1 aliphatic rings. The summed E-state index contributed by atoms with van der Waals surface area (Å²) in [6, 6.07) is 1.87. The van der Waals surface area contributed by atoms with Gasteiger partial charge >= 0.3 is 0 Å². The van der Waals surface area contributed by atoms with Crippen LogP contribution in [-0.2, 0) is 0 Å². The zero-order valence-corrected chi connectivity index (χ0v) is 13.1. The molecule has 1 saturated carbocycles. The maximum Gasteiger partial charge on any atom is 0.191 e. The minimum Gasteiger partial charge on any atom is -0.388 e. The summed E-state index contributed by atoms with van der Waals surface area (Å²) in [4.78, 5) is 8.76. The normalized spacial score (nSPS) is 18.4. The number of nitrogens with zero attached hydrogens (tertiary/aromatic N) is 2. The predicted molar refractivity (Wildman–Crippen MR) is 84.5 cm³/mol. The summed E-state index contributed by atoms with van der Waals surface area (Å²) in [5.74, 6) is 1.56. The van der Waals surface area contributed by atoms with Gasteiger partial charge in [-0.1, -0.05) is 37.4 Å². The van der Waals surface area contributed by atoms with E-state index in [0.29, 0.717) is 6.54 Å². The molecule has 1 heterocycles. The van der Waals surface area contributed by atoms with E-state index in [1.165, 1.54) is 24.6 Å². The third-order valence-electron chi connectivity index (χ3n) is 3.78. The molecule has 5 nitrogen and oxygen atoms in total. The van der Waals surface area contributed by atoms with E-state index in [1.54, 1.807) is 0 Å². The second-order valence-electron chi connectivity index (χ2n) is 5.37. The predicted octanol–water partition coefficient (Wildman–Crippen LogP) is 2.74. The first kappa shape index (κ1) is 15.4. The van der Waals surface area contributed by atoms with Gasteiger partial charge in [0, 0.05) is 19.7 Å². The Hall–Kier alpha value is -1.01. The van der Waals surface area contributed by atoms with Gasteiger partial charge in [-0.2, -0.15) is 0 Å². The van der Waals surface area contributed by atoms with Crippen molar-refractivity contribution in [3.05, 3.63) is 6.07 Å². The van der Waals surface area contributed by atoms with E-state index in [2.05, 4.69) is 20.6 Å². The lowest BCUT2D eigenvalue weighted by Gasteiger charge is -2.27. The summed E-state index contributed by atoms with van der Waals surface area (Å²) in [5.41, 5.74) is -0.596. The van der Waals surface area contributed by atoms with Crippen molar-refractivity contribution in [2.24, 2.45) is 0 Å². The lowest BCUT2D eigenvalue weighted by molar-refractivity contribution is 0.0380. The van der Waals surface area contributed by atoms with Crippen LogP contribution < -0.4 is 10.6 Å². The number of aliphatic hydroxyl groups is 1. The fourth-order valence-electron chi connectivity index (χ4n) is 2.55. The first-order valence-electron chi connectivity index (χ1n) is 7.22. The largest absolute Gasteiger partial charge is 0.388 e. The third-order valence-corrected chi connectivity index (χ3v) is 4.32. The lowest BCUT2D eigenvalue weighted by atomic mass is 9.94. The Morgan fingerprint density at radius 1 is 1.20 bits per heavy atom. The van der Waals surface area contributed by atoms with Gasteiger partial charge in [0.05, 0.1) is 5.60 Å². The van der Waals surface area contributed by atoms with Crippen LogP contribution in [0, 0.1) is 0 Å². The van der Waals surface area contributed by atoms with Gasteiger partial charge in [-0.25, -0.2) is 9.97 Å². The van der Waals surface area contributed by atoms with Crippen LogP contribution in [0.3, 0.4) is 0 Å². The zero-order chi connectivity index (χ0) is 14.4. The van der Waals surface area contributed by atoms with Crippen LogP contribution in [0.15, 0.2) is 11.2 Å². The SMILES string of the molecule is CNc1cc(NCC2(O)CCCCCC2)nc(SC)n1. The molecule has 0 aliphatic heterocycles. The third kappa shape index (κ3) is 4.24. The molecule has 6 heteroatoms. The molecule has 1 aliphatic carbocycles. The Bertz CT molecular complexity index is 411. The molecular formula is C14H24N4OS. The van der Waals surface area contributed by atoms with Crippen LogP contribution in [0.1, 0.15) is 38.5 Å². The highest BCUT2D eigenvalue weighted by Crippen LogP contribution is 2.27. The summed E-state index contributed by atoms with van der Waals surface area (Å²) in [7, 11) is 1.84. The van der Waals surface area contributed by atoms with Crippen LogP contribution in [0.2, 0.25) is 0 Å².